The molecule has 2 rings (SSSR count). The molecule has 0 radical (unpaired) electrons. The quantitative estimate of drug-likeness (QED) is 0.760. The molecule has 1 N–H and O–H groups in total. The molecule has 0 aliphatic rings. The summed E-state index contributed by atoms with van der Waals surface area (Å²) in [7, 11) is -2.15. The van der Waals surface area contributed by atoms with Gasteiger partial charge in [-0.2, -0.15) is 0 Å². The number of anilines is 1. The second-order valence-corrected chi connectivity index (χ2v) is 8.46. The van der Waals surface area contributed by atoms with Crippen molar-refractivity contribution in [3.63, 3.8) is 0 Å². The van der Waals surface area contributed by atoms with Crippen LogP contribution >= 0.6 is 11.6 Å². The number of para-hydroxylation sites is 1. The lowest BCUT2D eigenvalue weighted by Gasteiger charge is -2.28. The number of amides is 1. The van der Waals surface area contributed by atoms with Crippen molar-refractivity contribution in [2.75, 3.05) is 17.7 Å². The van der Waals surface area contributed by atoms with Crippen LogP contribution in [-0.2, 0) is 21.4 Å². The number of benzene rings is 2. The molecule has 6 nitrogen and oxygen atoms in total. The first-order valence-electron chi connectivity index (χ1n) is 8.30. The van der Waals surface area contributed by atoms with Crippen molar-refractivity contribution in [2.24, 2.45) is 0 Å². The van der Waals surface area contributed by atoms with Crippen molar-refractivity contribution in [1.82, 2.24) is 5.32 Å². The molecule has 0 unspecified atom stereocenters. The molecule has 0 aromatic heterocycles. The number of nitrogens with zero attached hydrogens (tertiary/aromatic N) is 1. The van der Waals surface area contributed by atoms with E-state index in [2.05, 4.69) is 5.32 Å². The third-order valence-corrected chi connectivity index (χ3v) is 5.79. The number of sulfonamides is 1. The van der Waals surface area contributed by atoms with Gasteiger partial charge in [-0.25, -0.2) is 8.42 Å². The molecule has 0 aliphatic heterocycles. The average Bonchev–Trinajstić information content (AvgIpc) is 2.61. The number of carbonyl (C=O) groups excluding carboxylic acids is 1. The predicted octanol–water partition coefficient (Wildman–Crippen LogP) is 3.13. The summed E-state index contributed by atoms with van der Waals surface area (Å²) in [5.41, 5.74) is 1.96. The molecular formula is C19H23ClN2O4S. The molecule has 27 heavy (non-hydrogen) atoms. The zero-order valence-corrected chi connectivity index (χ0v) is 17.3. The largest absolute Gasteiger partial charge is 0.496 e. The van der Waals surface area contributed by atoms with Gasteiger partial charge in [-0.05, 0) is 37.6 Å². The second-order valence-electron chi connectivity index (χ2n) is 6.20. The molecule has 0 spiro atoms. The molecule has 0 saturated carbocycles. The minimum absolute atomic E-state index is 0.222. The van der Waals surface area contributed by atoms with Crippen LogP contribution in [0.3, 0.4) is 0 Å². The van der Waals surface area contributed by atoms with E-state index in [1.54, 1.807) is 31.4 Å². The van der Waals surface area contributed by atoms with Gasteiger partial charge >= 0.3 is 0 Å². The fourth-order valence-electron chi connectivity index (χ4n) is 2.71. The fraction of sp³-hybridized carbons (Fsp3) is 0.316. The SMILES string of the molecule is COc1ccccc1CNC(=O)[C@H](C)N(c1ccc(C)c(Cl)c1)S(C)(=O)=O. The van der Waals surface area contributed by atoms with Gasteiger partial charge in [0.25, 0.3) is 0 Å². The lowest BCUT2D eigenvalue weighted by Crippen LogP contribution is -2.47. The minimum atomic E-state index is -3.70. The van der Waals surface area contributed by atoms with Crippen LogP contribution in [0.4, 0.5) is 5.69 Å². The van der Waals surface area contributed by atoms with E-state index in [1.807, 2.05) is 25.1 Å². The number of rotatable bonds is 7. The van der Waals surface area contributed by atoms with Crippen LogP contribution in [0.25, 0.3) is 0 Å². The van der Waals surface area contributed by atoms with E-state index in [-0.39, 0.29) is 6.54 Å². The topological polar surface area (TPSA) is 75.7 Å². The molecule has 0 saturated heterocycles. The molecule has 0 bridgehead atoms. The Bertz CT molecular complexity index is 931. The number of hydrogen-bond acceptors (Lipinski definition) is 4. The van der Waals surface area contributed by atoms with E-state index < -0.39 is 22.0 Å². The van der Waals surface area contributed by atoms with Gasteiger partial charge in [-0.15, -0.1) is 0 Å². The first-order valence-corrected chi connectivity index (χ1v) is 10.5. The number of nitrogens with one attached hydrogen (secondary N) is 1. The smallest absolute Gasteiger partial charge is 0.243 e. The van der Waals surface area contributed by atoms with Gasteiger partial charge in [0, 0.05) is 17.1 Å². The van der Waals surface area contributed by atoms with E-state index >= 15 is 0 Å². The van der Waals surface area contributed by atoms with Gasteiger partial charge in [-0.3, -0.25) is 9.10 Å². The third kappa shape index (κ3) is 5.14. The second kappa shape index (κ2) is 8.63. The highest BCUT2D eigenvalue weighted by Crippen LogP contribution is 2.27. The maximum atomic E-state index is 12.6. The first-order chi connectivity index (χ1) is 12.6. The van der Waals surface area contributed by atoms with Crippen LogP contribution in [0.2, 0.25) is 5.02 Å². The van der Waals surface area contributed by atoms with E-state index in [1.165, 1.54) is 6.92 Å². The maximum Gasteiger partial charge on any atom is 0.243 e. The van der Waals surface area contributed by atoms with Crippen LogP contribution in [-0.4, -0.2) is 33.7 Å². The number of methoxy groups -OCH3 is 1. The lowest BCUT2D eigenvalue weighted by molar-refractivity contribution is -0.122. The summed E-state index contributed by atoms with van der Waals surface area (Å²) in [6, 6.07) is 11.2. The molecule has 0 fully saturated rings. The molecule has 1 atom stereocenters. The standard InChI is InChI=1S/C19H23ClN2O4S/c1-13-9-10-16(11-17(13)20)22(27(4,24)25)14(2)19(23)21-12-15-7-5-6-8-18(15)26-3/h5-11,14H,12H2,1-4H3,(H,21,23)/t14-/m0/s1. The summed E-state index contributed by atoms with van der Waals surface area (Å²) >= 11 is 6.13. The summed E-state index contributed by atoms with van der Waals surface area (Å²) in [5, 5.41) is 3.20. The van der Waals surface area contributed by atoms with E-state index in [9.17, 15) is 13.2 Å². The number of aryl methyl sites for hydroxylation is 1. The first kappa shape index (κ1) is 21.1. The molecule has 146 valence electrons. The molecular weight excluding hydrogens is 388 g/mol. The van der Waals surface area contributed by atoms with E-state index in [0.717, 1.165) is 21.7 Å². The Labute approximate surface area is 165 Å². The van der Waals surface area contributed by atoms with Crippen LogP contribution in [0.15, 0.2) is 42.5 Å². The van der Waals surface area contributed by atoms with E-state index in [4.69, 9.17) is 16.3 Å². The zero-order chi connectivity index (χ0) is 20.2. The molecule has 8 heteroatoms. The molecule has 2 aromatic rings. The maximum absolute atomic E-state index is 12.6. The van der Waals surface area contributed by atoms with E-state index in [0.29, 0.717) is 16.5 Å². The van der Waals surface area contributed by atoms with Crippen molar-refractivity contribution in [1.29, 1.82) is 0 Å². The number of hydrogen-bond donors (Lipinski definition) is 1. The van der Waals surface area contributed by atoms with Crippen LogP contribution in [0, 0.1) is 6.92 Å². The Morgan fingerprint density at radius 2 is 1.93 bits per heavy atom. The number of carbonyl (C=O) groups is 1. The summed E-state index contributed by atoms with van der Waals surface area (Å²) in [6.45, 7) is 3.58. The van der Waals surface area contributed by atoms with Gasteiger partial charge in [0.05, 0.1) is 19.1 Å². The molecule has 0 aliphatic carbocycles. The highest BCUT2D eigenvalue weighted by atomic mass is 35.5. The summed E-state index contributed by atoms with van der Waals surface area (Å²) in [5.74, 6) is 0.221. The average molecular weight is 411 g/mol. The Morgan fingerprint density at radius 3 is 2.52 bits per heavy atom. The van der Waals surface area contributed by atoms with Crippen LogP contribution < -0.4 is 14.4 Å². The summed E-state index contributed by atoms with van der Waals surface area (Å²) in [6.07, 6.45) is 1.06. The van der Waals surface area contributed by atoms with Crippen molar-refractivity contribution in [3.8, 4) is 5.75 Å². The van der Waals surface area contributed by atoms with Crippen LogP contribution in [0.5, 0.6) is 5.75 Å². The van der Waals surface area contributed by atoms with Gasteiger partial charge in [0.1, 0.15) is 11.8 Å². The highest BCUT2D eigenvalue weighted by Gasteiger charge is 2.29. The Morgan fingerprint density at radius 1 is 1.26 bits per heavy atom. The van der Waals surface area contributed by atoms with Crippen molar-refractivity contribution in [3.05, 3.63) is 58.6 Å². The monoisotopic (exact) mass is 410 g/mol. The normalized spacial score (nSPS) is 12.3. The van der Waals surface area contributed by atoms with Crippen molar-refractivity contribution >= 4 is 33.2 Å². The van der Waals surface area contributed by atoms with Crippen molar-refractivity contribution < 1.29 is 17.9 Å². The minimum Gasteiger partial charge on any atom is -0.496 e. The van der Waals surface area contributed by atoms with Crippen molar-refractivity contribution in [2.45, 2.75) is 26.4 Å². The Balaban J connectivity index is 2.23. The highest BCUT2D eigenvalue weighted by molar-refractivity contribution is 7.92. The van der Waals surface area contributed by atoms with Crippen LogP contribution in [0.1, 0.15) is 18.1 Å². The Kier molecular flexibility index (Phi) is 6.73. The number of halogens is 1. The fourth-order valence-corrected chi connectivity index (χ4v) is 4.05. The Hall–Kier alpha value is -2.25. The van der Waals surface area contributed by atoms with Gasteiger partial charge in [-0.1, -0.05) is 35.9 Å². The lowest BCUT2D eigenvalue weighted by atomic mass is 10.2. The molecule has 2 aromatic carbocycles. The summed E-state index contributed by atoms with van der Waals surface area (Å²) in [4.78, 5) is 12.6. The predicted molar refractivity (Wildman–Crippen MR) is 108 cm³/mol. The van der Waals surface area contributed by atoms with Gasteiger partial charge in [0.15, 0.2) is 0 Å². The zero-order valence-electron chi connectivity index (χ0n) is 15.7. The number of ether oxygens (including phenoxy) is 1. The van der Waals surface area contributed by atoms with Gasteiger partial charge in [0.2, 0.25) is 15.9 Å². The molecule has 0 heterocycles. The van der Waals surface area contributed by atoms with Gasteiger partial charge < -0.3 is 10.1 Å². The third-order valence-electron chi connectivity index (χ3n) is 4.14. The molecule has 1 amide bonds. The summed E-state index contributed by atoms with van der Waals surface area (Å²) < 4.78 is 31.0.